The molecule has 9 aromatic heterocycles. The van der Waals surface area contributed by atoms with Crippen LogP contribution in [0.1, 0.15) is 171 Å². The van der Waals surface area contributed by atoms with E-state index in [2.05, 4.69) is 208 Å². The molecule has 0 unspecified atom stereocenters. The predicted octanol–water partition coefficient (Wildman–Crippen LogP) is 23.7. The summed E-state index contributed by atoms with van der Waals surface area (Å²) in [5.74, 6) is 1.05. The molecule has 0 spiro atoms. The third kappa shape index (κ3) is 14.8. The Balaban J connectivity index is 0.000000153. The van der Waals surface area contributed by atoms with Crippen LogP contribution in [0.4, 0.5) is 0 Å². The molecule has 104 heavy (non-hydrogen) atoms. The predicted molar refractivity (Wildman–Crippen MR) is 432 cm³/mol. The number of pyridine rings is 6. The highest BCUT2D eigenvalue weighted by molar-refractivity contribution is 6.11. The van der Waals surface area contributed by atoms with Gasteiger partial charge in [-0.15, -0.1) is 0 Å². The second kappa shape index (κ2) is 29.0. The van der Waals surface area contributed by atoms with E-state index < -0.39 is 44.1 Å². The molecule has 15 aromatic rings. The van der Waals surface area contributed by atoms with Gasteiger partial charge >= 0.3 is 0 Å². The number of fused-ring (bicyclic) bond motifs is 9. The van der Waals surface area contributed by atoms with E-state index in [1.165, 1.54) is 53.8 Å². The van der Waals surface area contributed by atoms with Crippen LogP contribution in [0.5, 0.6) is 0 Å². The summed E-state index contributed by atoms with van der Waals surface area (Å²) in [5.41, 5.74) is 19.2. The van der Waals surface area contributed by atoms with Crippen LogP contribution >= 0.6 is 0 Å². The van der Waals surface area contributed by atoms with E-state index in [1.807, 2.05) is 89.0 Å². The highest BCUT2D eigenvalue weighted by Crippen LogP contribution is 2.43. The van der Waals surface area contributed by atoms with Crippen molar-refractivity contribution in [2.45, 2.75) is 153 Å². The summed E-state index contributed by atoms with van der Waals surface area (Å²) in [5, 5.41) is 5.07. The minimum atomic E-state index is -2.80. The lowest BCUT2D eigenvalue weighted by atomic mass is 9.91. The Morgan fingerprint density at radius 2 is 0.808 bits per heavy atom. The zero-order chi connectivity index (χ0) is 84.7. The molecule has 9 heterocycles. The lowest BCUT2D eigenvalue weighted by molar-refractivity contribution is -0.660. The Kier molecular flexibility index (Phi) is 15.9. The molecule has 0 aliphatic heterocycles. The minimum Gasteiger partial charge on any atom is -0.437 e. The van der Waals surface area contributed by atoms with E-state index >= 15 is 0 Å². The number of benzene rings is 6. The fourth-order valence-electron chi connectivity index (χ4n) is 14.3. The molecule has 9 nitrogen and oxygen atoms in total. The fourth-order valence-corrected chi connectivity index (χ4v) is 14.3. The first-order valence-corrected chi connectivity index (χ1v) is 36.1. The summed E-state index contributed by atoms with van der Waals surface area (Å²) in [6.45, 7) is 14.5. The molecule has 528 valence electrons. The largest absolute Gasteiger partial charge is 0.437 e. The van der Waals surface area contributed by atoms with E-state index in [0.717, 1.165) is 119 Å². The minimum absolute atomic E-state index is 0.0448. The summed E-state index contributed by atoms with van der Waals surface area (Å²) >= 11 is 0. The third-order valence-corrected chi connectivity index (χ3v) is 19.7. The first kappa shape index (κ1) is 57.1. The van der Waals surface area contributed by atoms with Gasteiger partial charge in [0.1, 0.15) is 21.1 Å². The average molecular weight is 1390 g/mol. The average Bonchev–Trinajstić information content (AvgIpc) is 1.70. The molecule has 0 aliphatic carbocycles. The van der Waals surface area contributed by atoms with Crippen molar-refractivity contribution in [3.8, 4) is 67.2 Å². The summed E-state index contributed by atoms with van der Waals surface area (Å²) in [6, 6.07) is 61.7. The molecule has 6 aromatic carbocycles. The topological polar surface area (TPSA) is 89.7 Å². The van der Waals surface area contributed by atoms with Gasteiger partial charge in [-0.05, 0) is 168 Å². The number of furan rings is 3. The van der Waals surface area contributed by atoms with Gasteiger partial charge in [0.25, 0.3) is 0 Å². The molecular formula is C95H103N6O3+3. The van der Waals surface area contributed by atoms with Crippen LogP contribution in [0, 0.1) is 38.5 Å². The maximum absolute atomic E-state index is 8.39. The third-order valence-electron chi connectivity index (χ3n) is 19.7. The number of aromatic nitrogens is 6. The Labute approximate surface area is 633 Å². The van der Waals surface area contributed by atoms with E-state index in [1.54, 1.807) is 12.1 Å². The van der Waals surface area contributed by atoms with Crippen LogP contribution in [-0.2, 0) is 51.2 Å². The Morgan fingerprint density at radius 1 is 0.394 bits per heavy atom. The molecule has 0 aliphatic rings. The molecule has 0 atom stereocenters. The quantitative estimate of drug-likeness (QED) is 0.107. The summed E-state index contributed by atoms with van der Waals surface area (Å²) in [6.07, 6.45) is 9.39. The first-order valence-electron chi connectivity index (χ1n) is 42.6. The van der Waals surface area contributed by atoms with Gasteiger partial charge in [-0.1, -0.05) is 206 Å². The maximum atomic E-state index is 8.39. The number of hydrogen-bond acceptors (Lipinski definition) is 6. The van der Waals surface area contributed by atoms with E-state index in [4.69, 9.17) is 36.1 Å². The van der Waals surface area contributed by atoms with Gasteiger partial charge in [0.15, 0.2) is 35.3 Å². The molecule has 0 saturated heterocycles. The van der Waals surface area contributed by atoms with Crippen molar-refractivity contribution in [3.63, 3.8) is 0 Å². The standard InChI is InChI=1S/2C32H35N2O.C31H33N2O/c1-20(2)18-22-9-11-23(12-10-22)24-13-16-27(34(7)19-24)29-21(3)8-14-25-26-15-17-28(32(4,5)6)33-31(26)35-30(25)29;1-20(2)18-22-9-11-23(12-10-22)24-16-17-34(7)27(19-24)29-21(3)8-13-25-26-14-15-28(32(4,5)6)33-31(26)35-30(25)29;1-19(2)18-22-10-12-23(13-11-22)24-8-7-17-33(6)29(24)28-21(5)9-14-25-26-15-16-27(20(3)4)32-31(26)34-30(25)28/h2*8-17,19-20H,18H2,1-7H3;7-17,19-20H,18H2,1-6H3/q3*+1/i2*4D3,5D3;20D. The lowest BCUT2D eigenvalue weighted by Crippen LogP contribution is -2.31. The molecule has 0 amide bonds. The maximum Gasteiger partial charge on any atom is 0.227 e. The molecule has 15 rings (SSSR count). The van der Waals surface area contributed by atoms with Crippen molar-refractivity contribution in [1.29, 1.82) is 0 Å². The Morgan fingerprint density at radius 3 is 1.27 bits per heavy atom. The highest BCUT2D eigenvalue weighted by Gasteiger charge is 2.29. The fraction of sp³-hybridized carbons (Fsp3) is 0.305. The van der Waals surface area contributed by atoms with Crippen molar-refractivity contribution in [1.82, 2.24) is 15.0 Å². The van der Waals surface area contributed by atoms with Crippen molar-refractivity contribution in [3.05, 3.63) is 251 Å². The molecule has 0 saturated carbocycles. The van der Waals surface area contributed by atoms with Gasteiger partial charge in [-0.2, -0.15) is 0 Å². The van der Waals surface area contributed by atoms with Crippen LogP contribution in [0.3, 0.4) is 0 Å². The number of nitrogens with zero attached hydrogens (tertiary/aromatic N) is 6. The Bertz CT molecular complexity index is 6210. The van der Waals surface area contributed by atoms with Gasteiger partial charge < -0.3 is 13.3 Å². The van der Waals surface area contributed by atoms with E-state index in [0.29, 0.717) is 51.1 Å². The van der Waals surface area contributed by atoms with E-state index in [-0.39, 0.29) is 22.8 Å². The van der Waals surface area contributed by atoms with Crippen LogP contribution in [0.2, 0.25) is 0 Å². The molecule has 0 N–H and O–H groups in total. The number of rotatable bonds is 13. The monoisotopic (exact) mass is 1390 g/mol. The number of hydrogen-bond donors (Lipinski definition) is 0. The van der Waals surface area contributed by atoms with Gasteiger partial charge in [0, 0.05) is 108 Å². The molecule has 0 bridgehead atoms. The molecule has 0 fully saturated rings. The SMILES string of the molecule is [2H]C(C)(C)c1ccc2c(n1)oc1c(-c3c(-c4ccc(CC(C)C)cc4)ccc[n+]3C)c(C)ccc12.[2H]C([2H])([2H])C(C)(c1ccc2c(n1)oc1c(-c3cc(-c4ccc(CC(C)C)cc4)cc[n+]3C)c(C)ccc12)C([2H])([2H])[2H].[2H]C([2H])([2H])C(C)(c1ccc2c(n1)oc1c(-c3ccc(-c4ccc(CC(C)C)cc4)c[n+]3C)c(C)ccc12)C([2H])([2H])[2H]. The summed E-state index contributed by atoms with van der Waals surface area (Å²) in [4.78, 5) is 13.7. The van der Waals surface area contributed by atoms with Crippen molar-refractivity contribution in [2.75, 3.05) is 0 Å². The number of aryl methyl sites for hydroxylation is 6. The summed E-state index contributed by atoms with van der Waals surface area (Å²) in [7, 11) is 6.08. The van der Waals surface area contributed by atoms with E-state index in [9.17, 15) is 0 Å². The summed E-state index contributed by atoms with van der Waals surface area (Å²) < 4.78 is 130. The zero-order valence-corrected chi connectivity index (χ0v) is 62.8. The van der Waals surface area contributed by atoms with Crippen LogP contribution in [0.15, 0.2) is 214 Å². The van der Waals surface area contributed by atoms with Crippen LogP contribution in [0.25, 0.3) is 133 Å². The van der Waals surface area contributed by atoms with Crippen molar-refractivity contribution < 1.29 is 44.8 Å². The van der Waals surface area contributed by atoms with Crippen molar-refractivity contribution >= 4 is 66.2 Å². The van der Waals surface area contributed by atoms with Crippen LogP contribution in [-0.4, -0.2) is 15.0 Å². The second-order valence-corrected chi connectivity index (χ2v) is 30.2. The van der Waals surface area contributed by atoms with Gasteiger partial charge in [-0.3, -0.25) is 0 Å². The van der Waals surface area contributed by atoms with Crippen LogP contribution < -0.4 is 13.7 Å². The van der Waals surface area contributed by atoms with Crippen molar-refractivity contribution in [2.24, 2.45) is 38.9 Å². The zero-order valence-electron chi connectivity index (χ0n) is 75.8. The van der Waals surface area contributed by atoms with Gasteiger partial charge in [0.2, 0.25) is 34.2 Å². The molecule has 9 heteroatoms. The normalized spacial score (nSPS) is 14.5. The second-order valence-electron chi connectivity index (χ2n) is 30.2. The Hall–Kier alpha value is -10.4. The van der Waals surface area contributed by atoms with Gasteiger partial charge in [0.05, 0.1) is 22.3 Å². The smallest absolute Gasteiger partial charge is 0.227 e. The lowest BCUT2D eigenvalue weighted by Gasteiger charge is -2.16. The highest BCUT2D eigenvalue weighted by atomic mass is 16.3. The molecular weight excluding hydrogens is 1270 g/mol. The molecule has 0 radical (unpaired) electrons. The van der Waals surface area contributed by atoms with Gasteiger partial charge in [-0.25, -0.2) is 28.7 Å². The first-order chi connectivity index (χ1) is 54.9.